The standard InChI is InChI=1S/C21H18F3O7P/c22-16-1-4-19(25)13(7-16)10-29-32(28,30-11-14-8-17(23)2-5-20(14)26)31-12-15-9-18(24)3-6-21(15)27/h1-9,25-27H,10-12H2. The van der Waals surface area contributed by atoms with E-state index in [0.717, 1.165) is 54.6 Å². The molecule has 0 radical (unpaired) electrons. The minimum atomic E-state index is -4.52. The van der Waals surface area contributed by atoms with E-state index in [4.69, 9.17) is 13.6 Å². The highest BCUT2D eigenvalue weighted by molar-refractivity contribution is 7.48. The average Bonchev–Trinajstić information content (AvgIpc) is 2.76. The number of phosphoric acid groups is 1. The van der Waals surface area contributed by atoms with Gasteiger partial charge in [0, 0.05) is 16.7 Å². The van der Waals surface area contributed by atoms with Crippen molar-refractivity contribution in [3.63, 3.8) is 0 Å². The molecule has 0 bridgehead atoms. The zero-order chi connectivity index (χ0) is 23.3. The van der Waals surface area contributed by atoms with E-state index >= 15 is 0 Å². The lowest BCUT2D eigenvalue weighted by molar-refractivity contribution is 0.0961. The van der Waals surface area contributed by atoms with Crippen LogP contribution in [-0.4, -0.2) is 15.3 Å². The Kier molecular flexibility index (Phi) is 7.42. The second-order valence-electron chi connectivity index (χ2n) is 6.59. The lowest BCUT2D eigenvalue weighted by Gasteiger charge is -2.19. The van der Waals surface area contributed by atoms with E-state index in [2.05, 4.69) is 0 Å². The summed E-state index contributed by atoms with van der Waals surface area (Å²) in [6.07, 6.45) is 0. The molecule has 0 saturated heterocycles. The molecule has 170 valence electrons. The molecule has 0 spiro atoms. The van der Waals surface area contributed by atoms with Crippen molar-refractivity contribution in [2.45, 2.75) is 19.8 Å². The van der Waals surface area contributed by atoms with Gasteiger partial charge >= 0.3 is 7.82 Å². The third-order valence-corrected chi connectivity index (χ3v) is 5.60. The zero-order valence-electron chi connectivity index (χ0n) is 16.4. The van der Waals surface area contributed by atoms with Gasteiger partial charge in [-0.25, -0.2) is 17.7 Å². The number of aromatic hydroxyl groups is 3. The van der Waals surface area contributed by atoms with Gasteiger partial charge in [0.2, 0.25) is 0 Å². The number of halogens is 3. The van der Waals surface area contributed by atoms with Gasteiger partial charge in [0.15, 0.2) is 0 Å². The predicted molar refractivity (Wildman–Crippen MR) is 106 cm³/mol. The van der Waals surface area contributed by atoms with E-state index in [1.54, 1.807) is 0 Å². The van der Waals surface area contributed by atoms with Gasteiger partial charge in [0.05, 0.1) is 19.8 Å². The Morgan fingerprint density at radius 1 is 0.594 bits per heavy atom. The van der Waals surface area contributed by atoms with Crippen LogP contribution in [0.4, 0.5) is 13.2 Å². The van der Waals surface area contributed by atoms with Crippen molar-refractivity contribution in [2.75, 3.05) is 0 Å². The van der Waals surface area contributed by atoms with Crippen molar-refractivity contribution in [3.05, 3.63) is 88.7 Å². The van der Waals surface area contributed by atoms with Gasteiger partial charge in [0.1, 0.15) is 34.7 Å². The van der Waals surface area contributed by atoms with E-state index in [1.807, 2.05) is 0 Å². The highest BCUT2D eigenvalue weighted by atomic mass is 31.2. The van der Waals surface area contributed by atoms with E-state index in [9.17, 15) is 33.1 Å². The molecule has 32 heavy (non-hydrogen) atoms. The van der Waals surface area contributed by atoms with E-state index < -0.39 is 45.1 Å². The second-order valence-corrected chi connectivity index (χ2v) is 8.26. The van der Waals surface area contributed by atoms with Gasteiger partial charge in [-0.1, -0.05) is 0 Å². The number of phenols is 3. The predicted octanol–water partition coefficient (Wildman–Crippen LogP) is 5.28. The summed E-state index contributed by atoms with van der Waals surface area (Å²) in [5, 5.41) is 29.4. The second kappa shape index (κ2) is 10.1. The first-order valence-corrected chi connectivity index (χ1v) is 10.6. The lowest BCUT2D eigenvalue weighted by Crippen LogP contribution is -2.03. The SMILES string of the molecule is O=P(OCc1cc(F)ccc1O)(OCc1cc(F)ccc1O)OCc1cc(F)ccc1O. The maximum atomic E-state index is 13.4. The van der Waals surface area contributed by atoms with Gasteiger partial charge in [-0.05, 0) is 54.6 Å². The maximum Gasteiger partial charge on any atom is 0.475 e. The molecule has 0 heterocycles. The molecule has 0 aliphatic heterocycles. The van der Waals surface area contributed by atoms with Crippen LogP contribution in [0.3, 0.4) is 0 Å². The molecule has 0 saturated carbocycles. The topological polar surface area (TPSA) is 105 Å². The van der Waals surface area contributed by atoms with Gasteiger partial charge in [0.25, 0.3) is 0 Å². The Hall–Kier alpha value is -3.04. The largest absolute Gasteiger partial charge is 0.508 e. The number of hydrogen-bond donors (Lipinski definition) is 3. The van der Waals surface area contributed by atoms with Crippen molar-refractivity contribution >= 4 is 7.82 Å². The lowest BCUT2D eigenvalue weighted by atomic mass is 10.2. The van der Waals surface area contributed by atoms with E-state index in [1.165, 1.54) is 0 Å². The summed E-state index contributed by atoms with van der Waals surface area (Å²) in [4.78, 5) is 0. The Balaban J connectivity index is 1.79. The molecule has 3 rings (SSSR count). The molecule has 0 atom stereocenters. The normalized spacial score (nSPS) is 11.6. The van der Waals surface area contributed by atoms with Crippen LogP contribution in [0.5, 0.6) is 17.2 Å². The summed E-state index contributed by atoms with van der Waals surface area (Å²) in [6.45, 7) is -1.82. The van der Waals surface area contributed by atoms with Crippen LogP contribution in [0.1, 0.15) is 16.7 Å². The van der Waals surface area contributed by atoms with Crippen molar-refractivity contribution < 1.29 is 46.6 Å². The van der Waals surface area contributed by atoms with Gasteiger partial charge < -0.3 is 15.3 Å². The summed E-state index contributed by atoms with van der Waals surface area (Å²) < 4.78 is 69.0. The van der Waals surface area contributed by atoms with Crippen LogP contribution in [-0.2, 0) is 38.0 Å². The van der Waals surface area contributed by atoms with Crippen molar-refractivity contribution in [2.24, 2.45) is 0 Å². The fourth-order valence-corrected chi connectivity index (χ4v) is 3.68. The molecule has 0 fully saturated rings. The van der Waals surface area contributed by atoms with Gasteiger partial charge in [-0.2, -0.15) is 0 Å². The molecule has 3 aromatic rings. The number of phosphoric ester groups is 1. The minimum Gasteiger partial charge on any atom is -0.508 e. The van der Waals surface area contributed by atoms with Crippen LogP contribution < -0.4 is 0 Å². The summed E-state index contributed by atoms with van der Waals surface area (Å²) in [7, 11) is -4.52. The van der Waals surface area contributed by atoms with Crippen molar-refractivity contribution in [1.82, 2.24) is 0 Å². The third kappa shape index (κ3) is 6.24. The Bertz CT molecular complexity index is 1010. The summed E-state index contributed by atoms with van der Waals surface area (Å²) in [5.74, 6) is -3.09. The van der Waals surface area contributed by atoms with Gasteiger partial charge in [-0.3, -0.25) is 13.6 Å². The van der Waals surface area contributed by atoms with Crippen LogP contribution in [0.2, 0.25) is 0 Å². The first-order valence-electron chi connectivity index (χ1n) is 9.11. The molecule has 0 aliphatic rings. The molecule has 0 aliphatic carbocycles. The van der Waals surface area contributed by atoms with Crippen LogP contribution in [0, 0.1) is 17.5 Å². The maximum absolute atomic E-state index is 13.4. The molecule has 0 unspecified atom stereocenters. The van der Waals surface area contributed by atoms with Gasteiger partial charge in [-0.15, -0.1) is 0 Å². The summed E-state index contributed by atoms with van der Waals surface area (Å²) in [5.41, 5.74) is -0.209. The fourth-order valence-electron chi connectivity index (χ4n) is 2.57. The highest BCUT2D eigenvalue weighted by Crippen LogP contribution is 2.52. The monoisotopic (exact) mass is 470 g/mol. The quantitative estimate of drug-likeness (QED) is 0.366. The molecule has 3 aromatic carbocycles. The average molecular weight is 470 g/mol. The number of benzene rings is 3. The molecule has 3 N–H and O–H groups in total. The number of phenolic OH excluding ortho intramolecular Hbond substituents is 3. The molecular formula is C21H18F3O7P. The third-order valence-electron chi connectivity index (χ3n) is 4.26. The molecule has 11 heteroatoms. The van der Waals surface area contributed by atoms with Crippen LogP contribution in [0.15, 0.2) is 54.6 Å². The van der Waals surface area contributed by atoms with Crippen LogP contribution in [0.25, 0.3) is 0 Å². The van der Waals surface area contributed by atoms with Crippen molar-refractivity contribution in [3.8, 4) is 17.2 Å². The molecular weight excluding hydrogens is 452 g/mol. The van der Waals surface area contributed by atoms with E-state index in [0.29, 0.717) is 0 Å². The number of rotatable bonds is 9. The summed E-state index contributed by atoms with van der Waals surface area (Å²) >= 11 is 0. The molecule has 7 nitrogen and oxygen atoms in total. The smallest absolute Gasteiger partial charge is 0.475 e. The fraction of sp³-hybridized carbons (Fsp3) is 0.143. The van der Waals surface area contributed by atoms with Crippen molar-refractivity contribution in [1.29, 1.82) is 0 Å². The Morgan fingerprint density at radius 3 is 1.16 bits per heavy atom. The zero-order valence-corrected chi connectivity index (χ0v) is 17.3. The Labute approximate surface area is 180 Å². The molecule has 0 amide bonds. The minimum absolute atomic E-state index is 0.0698. The summed E-state index contributed by atoms with van der Waals surface area (Å²) in [6, 6.07) is 9.03. The molecule has 0 aromatic heterocycles. The van der Waals surface area contributed by atoms with Crippen LogP contribution >= 0.6 is 7.82 Å². The van der Waals surface area contributed by atoms with E-state index in [-0.39, 0.29) is 33.9 Å². The Morgan fingerprint density at radius 2 is 0.875 bits per heavy atom. The first-order chi connectivity index (χ1) is 15.1. The number of hydrogen-bond acceptors (Lipinski definition) is 7. The first kappa shape index (κ1) is 23.6. The highest BCUT2D eigenvalue weighted by Gasteiger charge is 2.29.